The average molecular weight is 290 g/mol. The van der Waals surface area contributed by atoms with Crippen LogP contribution in [0.4, 0.5) is 0 Å². The number of nitrogens with one attached hydrogen (secondary N) is 1. The van der Waals surface area contributed by atoms with Crippen molar-refractivity contribution in [2.75, 3.05) is 40.3 Å². The second kappa shape index (κ2) is 6.91. The van der Waals surface area contributed by atoms with Crippen LogP contribution in [0.15, 0.2) is 30.3 Å². The number of nitrogens with zero attached hydrogens (tertiary/aromatic N) is 1. The van der Waals surface area contributed by atoms with Crippen LogP contribution in [0.1, 0.15) is 32.3 Å². The maximum atomic E-state index is 5.73. The van der Waals surface area contributed by atoms with E-state index in [2.05, 4.69) is 54.4 Å². The Labute approximate surface area is 129 Å². The molecule has 118 valence electrons. The predicted molar refractivity (Wildman–Crippen MR) is 88.8 cm³/mol. The third-order valence-electron chi connectivity index (χ3n) is 4.84. The number of piperidine rings is 1. The van der Waals surface area contributed by atoms with Crippen LogP contribution in [0, 0.1) is 0 Å². The molecule has 0 bridgehead atoms. The molecule has 0 aliphatic carbocycles. The number of ether oxygens (including phenoxy) is 1. The van der Waals surface area contributed by atoms with Gasteiger partial charge in [0.2, 0.25) is 0 Å². The first-order valence-electron chi connectivity index (χ1n) is 7.99. The first kappa shape index (κ1) is 16.5. The molecule has 0 saturated carbocycles. The Morgan fingerprint density at radius 3 is 2.67 bits per heavy atom. The normalized spacial score (nSPS) is 26.5. The summed E-state index contributed by atoms with van der Waals surface area (Å²) in [6, 6.07) is 10.9. The van der Waals surface area contributed by atoms with Crippen molar-refractivity contribution in [3.05, 3.63) is 35.9 Å². The number of hydrogen-bond donors (Lipinski definition) is 1. The summed E-state index contributed by atoms with van der Waals surface area (Å²) in [5.41, 5.74) is 1.54. The van der Waals surface area contributed by atoms with E-state index in [1.807, 2.05) is 14.2 Å². The van der Waals surface area contributed by atoms with E-state index in [0.717, 1.165) is 26.1 Å². The lowest BCUT2D eigenvalue weighted by atomic mass is 9.80. The monoisotopic (exact) mass is 290 g/mol. The van der Waals surface area contributed by atoms with Gasteiger partial charge in [-0.3, -0.25) is 4.90 Å². The predicted octanol–water partition coefficient (Wildman–Crippen LogP) is 2.66. The molecule has 0 aromatic heterocycles. The fourth-order valence-corrected chi connectivity index (χ4v) is 3.58. The summed E-state index contributed by atoms with van der Waals surface area (Å²) in [6.07, 6.45) is 2.38. The molecule has 1 N–H and O–H groups in total. The van der Waals surface area contributed by atoms with Crippen LogP contribution >= 0.6 is 0 Å². The Morgan fingerprint density at radius 2 is 2.05 bits per heavy atom. The lowest BCUT2D eigenvalue weighted by molar-refractivity contribution is -0.0545. The zero-order valence-electron chi connectivity index (χ0n) is 14.0. The Balaban J connectivity index is 2.13. The van der Waals surface area contributed by atoms with Crippen molar-refractivity contribution in [3.8, 4) is 0 Å². The van der Waals surface area contributed by atoms with Crippen molar-refractivity contribution in [2.45, 2.75) is 37.7 Å². The topological polar surface area (TPSA) is 24.5 Å². The maximum absolute atomic E-state index is 5.73. The summed E-state index contributed by atoms with van der Waals surface area (Å²) in [5, 5.41) is 3.37. The molecule has 1 heterocycles. The number of benzene rings is 1. The van der Waals surface area contributed by atoms with Gasteiger partial charge in [-0.15, -0.1) is 0 Å². The fraction of sp³-hybridized carbons (Fsp3) is 0.667. The van der Waals surface area contributed by atoms with Crippen LogP contribution in [0.2, 0.25) is 0 Å². The number of likely N-dealkylation sites (tertiary alicyclic amines) is 1. The van der Waals surface area contributed by atoms with Crippen LogP contribution < -0.4 is 5.32 Å². The van der Waals surface area contributed by atoms with Gasteiger partial charge in [0.25, 0.3) is 0 Å². The van der Waals surface area contributed by atoms with Crippen LogP contribution in [-0.4, -0.2) is 50.8 Å². The van der Waals surface area contributed by atoms with Crippen LogP contribution in [0.3, 0.4) is 0 Å². The lowest BCUT2D eigenvalue weighted by Gasteiger charge is -2.43. The van der Waals surface area contributed by atoms with Crippen LogP contribution in [-0.2, 0) is 10.2 Å². The smallest absolute Gasteiger partial charge is 0.0777 e. The number of rotatable bonds is 6. The van der Waals surface area contributed by atoms with Gasteiger partial charge >= 0.3 is 0 Å². The second-order valence-electron chi connectivity index (χ2n) is 6.93. The molecule has 0 radical (unpaired) electrons. The minimum atomic E-state index is 0.00942. The average Bonchev–Trinajstić information content (AvgIpc) is 2.48. The van der Waals surface area contributed by atoms with Gasteiger partial charge in [0.05, 0.1) is 5.60 Å². The largest absolute Gasteiger partial charge is 0.377 e. The molecule has 2 rings (SSSR count). The van der Waals surface area contributed by atoms with Crippen molar-refractivity contribution in [3.63, 3.8) is 0 Å². The van der Waals surface area contributed by atoms with E-state index in [9.17, 15) is 0 Å². The van der Waals surface area contributed by atoms with Gasteiger partial charge in [-0.2, -0.15) is 0 Å². The molecule has 3 nitrogen and oxygen atoms in total. The molecule has 2 atom stereocenters. The fourth-order valence-electron chi connectivity index (χ4n) is 3.58. The van der Waals surface area contributed by atoms with Crippen LogP contribution in [0.5, 0.6) is 0 Å². The highest BCUT2D eigenvalue weighted by Crippen LogP contribution is 2.29. The third kappa shape index (κ3) is 4.06. The summed E-state index contributed by atoms with van der Waals surface area (Å²) < 4.78 is 5.73. The molecule has 1 fully saturated rings. The van der Waals surface area contributed by atoms with Gasteiger partial charge in [-0.25, -0.2) is 0 Å². The van der Waals surface area contributed by atoms with E-state index in [-0.39, 0.29) is 11.0 Å². The molecule has 1 aromatic carbocycles. The van der Waals surface area contributed by atoms with Crippen molar-refractivity contribution in [2.24, 2.45) is 0 Å². The Kier molecular flexibility index (Phi) is 5.42. The van der Waals surface area contributed by atoms with Gasteiger partial charge in [0, 0.05) is 32.2 Å². The van der Waals surface area contributed by atoms with E-state index in [1.165, 1.54) is 18.5 Å². The summed E-state index contributed by atoms with van der Waals surface area (Å²) in [5.74, 6) is 0. The molecule has 1 aliphatic rings. The van der Waals surface area contributed by atoms with E-state index in [1.54, 1.807) is 0 Å². The Morgan fingerprint density at radius 1 is 1.33 bits per heavy atom. The molecule has 21 heavy (non-hydrogen) atoms. The van der Waals surface area contributed by atoms with Gasteiger partial charge < -0.3 is 10.1 Å². The van der Waals surface area contributed by atoms with E-state index < -0.39 is 0 Å². The van der Waals surface area contributed by atoms with Crippen molar-refractivity contribution in [1.82, 2.24) is 10.2 Å². The molecule has 1 aromatic rings. The standard InChI is InChI=1S/C18H30N2O/c1-17(13-19-3,16-9-6-5-7-10-16)14-20-12-8-11-18(2,15-20)21-4/h5-7,9-10,19H,8,11-15H2,1-4H3. The van der Waals surface area contributed by atoms with Gasteiger partial charge in [0.1, 0.15) is 0 Å². The highest BCUT2D eigenvalue weighted by molar-refractivity contribution is 5.25. The summed E-state index contributed by atoms with van der Waals surface area (Å²) >= 11 is 0. The minimum absolute atomic E-state index is 0.00942. The second-order valence-corrected chi connectivity index (χ2v) is 6.93. The highest BCUT2D eigenvalue weighted by Gasteiger charge is 2.35. The van der Waals surface area contributed by atoms with Crippen LogP contribution in [0.25, 0.3) is 0 Å². The first-order valence-corrected chi connectivity index (χ1v) is 7.99. The zero-order chi connectivity index (χ0) is 15.3. The number of hydrogen-bond acceptors (Lipinski definition) is 3. The third-order valence-corrected chi connectivity index (χ3v) is 4.84. The molecule has 0 spiro atoms. The van der Waals surface area contributed by atoms with Crippen molar-refractivity contribution < 1.29 is 4.74 Å². The molecule has 3 heteroatoms. The van der Waals surface area contributed by atoms with Gasteiger partial charge in [0.15, 0.2) is 0 Å². The summed E-state index contributed by atoms with van der Waals surface area (Å²) in [4.78, 5) is 2.57. The zero-order valence-corrected chi connectivity index (χ0v) is 14.0. The Hall–Kier alpha value is -0.900. The molecular formula is C18H30N2O. The number of likely N-dealkylation sites (N-methyl/N-ethyl adjacent to an activating group) is 1. The van der Waals surface area contributed by atoms with Crippen molar-refractivity contribution >= 4 is 0 Å². The maximum Gasteiger partial charge on any atom is 0.0777 e. The highest BCUT2D eigenvalue weighted by atomic mass is 16.5. The van der Waals surface area contributed by atoms with E-state index in [0.29, 0.717) is 0 Å². The first-order chi connectivity index (χ1) is 10.0. The molecule has 1 aliphatic heterocycles. The minimum Gasteiger partial charge on any atom is -0.377 e. The quantitative estimate of drug-likeness (QED) is 0.872. The Bertz CT molecular complexity index is 436. The summed E-state index contributed by atoms with van der Waals surface area (Å²) in [7, 11) is 3.88. The van der Waals surface area contributed by atoms with E-state index >= 15 is 0 Å². The molecule has 1 saturated heterocycles. The van der Waals surface area contributed by atoms with Crippen molar-refractivity contribution in [1.29, 1.82) is 0 Å². The SMILES string of the molecule is CNCC(C)(CN1CCCC(C)(OC)C1)c1ccccc1. The molecule has 0 amide bonds. The molecule has 2 unspecified atom stereocenters. The number of methoxy groups -OCH3 is 1. The van der Waals surface area contributed by atoms with Gasteiger partial charge in [-0.05, 0) is 38.9 Å². The van der Waals surface area contributed by atoms with E-state index in [4.69, 9.17) is 4.74 Å². The van der Waals surface area contributed by atoms with Gasteiger partial charge in [-0.1, -0.05) is 37.3 Å². The summed E-state index contributed by atoms with van der Waals surface area (Å²) in [6.45, 7) is 8.84. The molecular weight excluding hydrogens is 260 g/mol. The lowest BCUT2D eigenvalue weighted by Crippen LogP contribution is -2.53.